The van der Waals surface area contributed by atoms with Gasteiger partial charge in [-0.25, -0.2) is 9.97 Å². The van der Waals surface area contributed by atoms with E-state index in [1.54, 1.807) is 6.07 Å². The number of aromatic nitrogens is 2. The Labute approximate surface area is 211 Å². The van der Waals surface area contributed by atoms with Gasteiger partial charge < -0.3 is 15.2 Å². The first-order valence-electron chi connectivity index (χ1n) is 12.2. The monoisotopic (exact) mass is 511 g/mol. The SMILES string of the molecule is CC.CCc1c(CCC(=O)C2(C)CCOCC2)nc(Cl)nc1NCc1cccc(C(F)(F)CO)c1. The van der Waals surface area contributed by atoms with Crippen molar-refractivity contribution in [3.63, 3.8) is 0 Å². The highest BCUT2D eigenvalue weighted by Gasteiger charge is 2.34. The van der Waals surface area contributed by atoms with Gasteiger partial charge in [0.05, 0.1) is 5.69 Å². The Morgan fingerprint density at radius 1 is 1.26 bits per heavy atom. The number of aliphatic hydroxyl groups is 1. The minimum atomic E-state index is -3.30. The number of anilines is 1. The van der Waals surface area contributed by atoms with Gasteiger partial charge in [0.25, 0.3) is 5.92 Å². The zero-order valence-electron chi connectivity index (χ0n) is 21.0. The van der Waals surface area contributed by atoms with Crippen molar-refractivity contribution < 1.29 is 23.4 Å². The van der Waals surface area contributed by atoms with Crippen LogP contribution in [0.25, 0.3) is 0 Å². The number of nitrogens with one attached hydrogen (secondary N) is 1. The first-order chi connectivity index (χ1) is 16.7. The Bertz CT molecular complexity index is 982. The normalized spacial score (nSPS) is 15.2. The third kappa shape index (κ3) is 7.66. The van der Waals surface area contributed by atoms with Crippen molar-refractivity contribution in [3.8, 4) is 0 Å². The van der Waals surface area contributed by atoms with Gasteiger partial charge in [0, 0.05) is 42.7 Å². The molecule has 3 rings (SSSR count). The number of aliphatic hydroxyl groups excluding tert-OH is 1. The van der Waals surface area contributed by atoms with Crippen LogP contribution < -0.4 is 5.32 Å². The summed E-state index contributed by atoms with van der Waals surface area (Å²) in [5.41, 5.74) is 1.55. The predicted molar refractivity (Wildman–Crippen MR) is 134 cm³/mol. The molecule has 35 heavy (non-hydrogen) atoms. The lowest BCUT2D eigenvalue weighted by molar-refractivity contribution is -0.132. The van der Waals surface area contributed by atoms with Crippen molar-refractivity contribution >= 4 is 23.2 Å². The van der Waals surface area contributed by atoms with E-state index in [2.05, 4.69) is 15.3 Å². The highest BCUT2D eigenvalue weighted by molar-refractivity contribution is 6.28. The summed E-state index contributed by atoms with van der Waals surface area (Å²) in [6, 6.07) is 5.88. The van der Waals surface area contributed by atoms with Crippen molar-refractivity contribution in [1.82, 2.24) is 9.97 Å². The van der Waals surface area contributed by atoms with Gasteiger partial charge >= 0.3 is 0 Å². The van der Waals surface area contributed by atoms with Crippen molar-refractivity contribution in [3.05, 3.63) is 51.9 Å². The average molecular weight is 512 g/mol. The van der Waals surface area contributed by atoms with Crippen molar-refractivity contribution in [2.24, 2.45) is 5.41 Å². The van der Waals surface area contributed by atoms with Gasteiger partial charge in [0.15, 0.2) is 0 Å². The Hall–Kier alpha value is -2.16. The second kappa shape index (κ2) is 13.2. The van der Waals surface area contributed by atoms with Gasteiger partial charge in [-0.3, -0.25) is 4.79 Å². The molecule has 0 amide bonds. The molecule has 0 aliphatic carbocycles. The van der Waals surface area contributed by atoms with Crippen LogP contribution in [0.4, 0.5) is 14.6 Å². The Morgan fingerprint density at radius 2 is 1.94 bits per heavy atom. The maximum absolute atomic E-state index is 13.8. The molecule has 2 heterocycles. The summed E-state index contributed by atoms with van der Waals surface area (Å²) in [6.07, 6.45) is 2.87. The summed E-state index contributed by atoms with van der Waals surface area (Å²) >= 11 is 6.17. The number of alkyl halides is 2. The van der Waals surface area contributed by atoms with Gasteiger partial charge in [0.1, 0.15) is 18.2 Å². The summed E-state index contributed by atoms with van der Waals surface area (Å²) in [6.45, 7) is 8.15. The van der Waals surface area contributed by atoms with Crippen LogP contribution in [0, 0.1) is 5.41 Å². The smallest absolute Gasteiger partial charge is 0.295 e. The molecule has 0 bridgehead atoms. The largest absolute Gasteiger partial charge is 0.390 e. The van der Waals surface area contributed by atoms with Gasteiger partial charge in [0.2, 0.25) is 5.28 Å². The molecule has 1 fully saturated rings. The maximum Gasteiger partial charge on any atom is 0.295 e. The summed E-state index contributed by atoms with van der Waals surface area (Å²) in [5.74, 6) is -2.58. The van der Waals surface area contributed by atoms with E-state index in [9.17, 15) is 13.6 Å². The number of rotatable bonds is 10. The molecular weight excluding hydrogens is 476 g/mol. The van der Waals surface area contributed by atoms with Crippen LogP contribution in [-0.2, 0) is 34.8 Å². The second-order valence-corrected chi connectivity index (χ2v) is 8.97. The lowest BCUT2D eigenvalue weighted by Gasteiger charge is -2.32. The number of ether oxygens (including phenoxy) is 1. The van der Waals surface area contributed by atoms with E-state index >= 15 is 0 Å². The molecule has 0 atom stereocenters. The molecule has 0 unspecified atom stereocenters. The van der Waals surface area contributed by atoms with E-state index in [1.807, 2.05) is 27.7 Å². The molecular formula is C26H36ClF2N3O3. The van der Waals surface area contributed by atoms with Gasteiger partial charge in [-0.15, -0.1) is 0 Å². The number of carbonyl (C=O) groups excluding carboxylic acids is 1. The number of aryl methyl sites for hydroxylation is 1. The molecule has 1 aliphatic rings. The third-order valence-electron chi connectivity index (χ3n) is 6.29. The molecule has 1 aliphatic heterocycles. The first kappa shape index (κ1) is 29.1. The maximum atomic E-state index is 13.8. The number of carbonyl (C=O) groups is 1. The third-order valence-corrected chi connectivity index (χ3v) is 6.45. The molecule has 1 aromatic carbocycles. The molecule has 0 radical (unpaired) electrons. The van der Waals surface area contributed by atoms with Crippen LogP contribution in [0.2, 0.25) is 5.28 Å². The van der Waals surface area contributed by atoms with Crippen LogP contribution >= 0.6 is 11.6 Å². The van der Waals surface area contributed by atoms with E-state index in [0.717, 1.165) is 18.4 Å². The van der Waals surface area contributed by atoms with E-state index in [4.69, 9.17) is 21.4 Å². The summed E-state index contributed by atoms with van der Waals surface area (Å²) < 4.78 is 33.0. The molecule has 0 spiro atoms. The van der Waals surface area contributed by atoms with Crippen molar-refractivity contribution in [2.75, 3.05) is 25.1 Å². The first-order valence-corrected chi connectivity index (χ1v) is 12.5. The van der Waals surface area contributed by atoms with Crippen LogP contribution in [0.3, 0.4) is 0 Å². The summed E-state index contributed by atoms with van der Waals surface area (Å²) in [7, 11) is 0. The van der Waals surface area contributed by atoms with E-state index in [-0.39, 0.29) is 28.6 Å². The van der Waals surface area contributed by atoms with Crippen LogP contribution in [0.1, 0.15) is 69.3 Å². The van der Waals surface area contributed by atoms with E-state index in [1.165, 1.54) is 18.2 Å². The number of halogens is 3. The minimum Gasteiger partial charge on any atom is -0.390 e. The summed E-state index contributed by atoms with van der Waals surface area (Å²) in [5, 5.41) is 12.2. The number of hydrogen-bond acceptors (Lipinski definition) is 6. The lowest BCUT2D eigenvalue weighted by Crippen LogP contribution is -2.34. The predicted octanol–water partition coefficient (Wildman–Crippen LogP) is 5.73. The lowest BCUT2D eigenvalue weighted by atomic mass is 9.77. The van der Waals surface area contributed by atoms with E-state index in [0.29, 0.717) is 49.6 Å². The van der Waals surface area contributed by atoms with Gasteiger partial charge in [-0.1, -0.05) is 45.9 Å². The molecule has 194 valence electrons. The molecule has 1 aromatic heterocycles. The average Bonchev–Trinajstić information content (AvgIpc) is 2.87. The van der Waals surface area contributed by atoms with Crippen LogP contribution in [0.15, 0.2) is 24.3 Å². The topological polar surface area (TPSA) is 84.3 Å². The fourth-order valence-electron chi connectivity index (χ4n) is 4.05. The Morgan fingerprint density at radius 3 is 2.57 bits per heavy atom. The molecule has 2 N–H and O–H groups in total. The number of hydrogen-bond donors (Lipinski definition) is 2. The van der Waals surface area contributed by atoms with Crippen LogP contribution in [0.5, 0.6) is 0 Å². The summed E-state index contributed by atoms with van der Waals surface area (Å²) in [4.78, 5) is 21.5. The van der Waals surface area contributed by atoms with E-state index < -0.39 is 12.5 Å². The van der Waals surface area contributed by atoms with Crippen molar-refractivity contribution in [1.29, 1.82) is 0 Å². The highest BCUT2D eigenvalue weighted by Crippen LogP contribution is 2.33. The minimum absolute atomic E-state index is 0.0648. The number of nitrogens with zero attached hydrogens (tertiary/aromatic N) is 2. The molecule has 6 nitrogen and oxygen atoms in total. The zero-order chi connectivity index (χ0) is 26.1. The fourth-order valence-corrected chi connectivity index (χ4v) is 4.23. The van der Waals surface area contributed by atoms with Crippen molar-refractivity contribution in [2.45, 2.75) is 72.3 Å². The quantitative estimate of drug-likeness (QED) is 0.396. The van der Waals surface area contributed by atoms with Gasteiger partial charge in [-0.2, -0.15) is 8.78 Å². The number of benzene rings is 1. The Balaban J connectivity index is 0.00000210. The van der Waals surface area contributed by atoms with Gasteiger partial charge in [-0.05, 0) is 48.9 Å². The number of Topliss-reactive ketones (excluding diaryl/α,β-unsaturated/α-hetero) is 1. The molecule has 1 saturated heterocycles. The second-order valence-electron chi connectivity index (χ2n) is 8.63. The number of ketones is 1. The highest BCUT2D eigenvalue weighted by atomic mass is 35.5. The molecule has 2 aromatic rings. The molecule has 0 saturated carbocycles. The zero-order valence-corrected chi connectivity index (χ0v) is 21.7. The standard InChI is InChI=1S/C24H30ClF2N3O3.C2H6/c1-3-18-19(7-8-20(32)23(2)9-11-33-12-10-23)29-22(25)30-21(18)28-14-16-5-4-6-17(13-16)24(26,27)15-31;1-2/h4-6,13,31H,3,7-12,14-15H2,1-2H3,(H,28,29,30);1-2H3. The van der Waals surface area contributed by atoms with Crippen LogP contribution in [-0.4, -0.2) is 40.7 Å². The fraction of sp³-hybridized carbons (Fsp3) is 0.577. The Kier molecular flexibility index (Phi) is 11.0. The molecule has 9 heteroatoms.